The van der Waals surface area contributed by atoms with E-state index < -0.39 is 0 Å². The molecule has 0 atom stereocenters. The second kappa shape index (κ2) is 5.92. The summed E-state index contributed by atoms with van der Waals surface area (Å²) in [5.74, 6) is 0.726. The van der Waals surface area contributed by atoms with Crippen molar-refractivity contribution in [1.29, 1.82) is 0 Å². The Balaban J connectivity index is 1.80. The van der Waals surface area contributed by atoms with Crippen molar-refractivity contribution in [3.8, 4) is 16.9 Å². The topological polar surface area (TPSA) is 42.1 Å². The second-order valence-electron chi connectivity index (χ2n) is 6.15. The lowest BCUT2D eigenvalue weighted by atomic mass is 10.0. The molecule has 3 heteroatoms. The number of aldehydes is 1. The minimum atomic E-state index is 0.228. The van der Waals surface area contributed by atoms with Crippen LogP contribution in [-0.2, 0) is 0 Å². The third-order valence-electron chi connectivity index (χ3n) is 4.62. The zero-order valence-corrected chi connectivity index (χ0v) is 12.9. The van der Waals surface area contributed by atoms with E-state index in [1.807, 2.05) is 24.4 Å². The number of benzene rings is 2. The number of hydrogen-bond acceptors (Lipinski definition) is 2. The first-order valence-electron chi connectivity index (χ1n) is 8.17. The second-order valence-corrected chi connectivity index (χ2v) is 6.15. The summed E-state index contributed by atoms with van der Waals surface area (Å²) in [4.78, 5) is 14.7. The van der Waals surface area contributed by atoms with Crippen LogP contribution < -0.4 is 4.74 Å². The van der Waals surface area contributed by atoms with E-state index in [0.717, 1.165) is 46.9 Å². The van der Waals surface area contributed by atoms with E-state index in [1.165, 1.54) is 12.8 Å². The van der Waals surface area contributed by atoms with Gasteiger partial charge in [0.05, 0.1) is 11.7 Å². The van der Waals surface area contributed by atoms with E-state index in [9.17, 15) is 4.79 Å². The molecule has 0 radical (unpaired) electrons. The molecule has 2 aromatic carbocycles. The standard InChI is InChI=1S/C20H19NO2/c22-13-16-4-3-7-18(20(16)23-17-5-1-2-6-17)14-8-9-19-15(12-14)10-11-21-19/h3-4,7-13,17,21H,1-2,5-6H2. The summed E-state index contributed by atoms with van der Waals surface area (Å²) in [7, 11) is 0. The minimum absolute atomic E-state index is 0.228. The highest BCUT2D eigenvalue weighted by Gasteiger charge is 2.20. The smallest absolute Gasteiger partial charge is 0.153 e. The Hall–Kier alpha value is -2.55. The zero-order valence-electron chi connectivity index (χ0n) is 12.9. The molecule has 0 amide bonds. The van der Waals surface area contributed by atoms with Crippen LogP contribution in [0.5, 0.6) is 5.75 Å². The molecule has 1 aromatic heterocycles. The maximum absolute atomic E-state index is 11.5. The monoisotopic (exact) mass is 305 g/mol. The summed E-state index contributed by atoms with van der Waals surface area (Å²) in [5, 5.41) is 1.16. The zero-order chi connectivity index (χ0) is 15.6. The lowest BCUT2D eigenvalue weighted by Gasteiger charge is -2.18. The van der Waals surface area contributed by atoms with Gasteiger partial charge in [-0.05, 0) is 60.9 Å². The molecular weight excluding hydrogens is 286 g/mol. The van der Waals surface area contributed by atoms with Gasteiger partial charge < -0.3 is 9.72 Å². The molecule has 0 saturated heterocycles. The van der Waals surface area contributed by atoms with Gasteiger partial charge in [0.1, 0.15) is 5.75 Å². The Bertz CT molecular complexity index is 844. The van der Waals surface area contributed by atoms with Crippen molar-refractivity contribution in [2.45, 2.75) is 31.8 Å². The normalized spacial score (nSPS) is 15.1. The van der Waals surface area contributed by atoms with Gasteiger partial charge in [0.15, 0.2) is 6.29 Å². The molecule has 1 fully saturated rings. The van der Waals surface area contributed by atoms with E-state index in [0.29, 0.717) is 5.56 Å². The maximum Gasteiger partial charge on any atom is 0.153 e. The molecule has 0 spiro atoms. The number of H-pyrrole nitrogens is 1. The Morgan fingerprint density at radius 2 is 1.96 bits per heavy atom. The molecule has 1 aliphatic rings. The summed E-state index contributed by atoms with van der Waals surface area (Å²) < 4.78 is 6.24. The number of aromatic amines is 1. The molecule has 23 heavy (non-hydrogen) atoms. The first-order chi connectivity index (χ1) is 11.3. The summed E-state index contributed by atoms with van der Waals surface area (Å²) in [5.41, 5.74) is 3.81. The van der Waals surface area contributed by atoms with Crippen LogP contribution in [0.3, 0.4) is 0 Å². The highest BCUT2D eigenvalue weighted by molar-refractivity contribution is 5.90. The van der Waals surface area contributed by atoms with Gasteiger partial charge in [0.25, 0.3) is 0 Å². The van der Waals surface area contributed by atoms with Gasteiger partial charge in [0, 0.05) is 17.3 Å². The van der Waals surface area contributed by atoms with Crippen LogP contribution in [0.4, 0.5) is 0 Å². The Morgan fingerprint density at radius 1 is 1.09 bits per heavy atom. The Labute approximate surface area is 135 Å². The third kappa shape index (κ3) is 2.63. The van der Waals surface area contributed by atoms with Crippen molar-refractivity contribution < 1.29 is 9.53 Å². The average Bonchev–Trinajstić information content (AvgIpc) is 3.25. The largest absolute Gasteiger partial charge is 0.489 e. The fraction of sp³-hybridized carbons (Fsp3) is 0.250. The Kier molecular flexibility index (Phi) is 3.62. The van der Waals surface area contributed by atoms with Crippen molar-refractivity contribution in [3.05, 3.63) is 54.2 Å². The maximum atomic E-state index is 11.5. The SMILES string of the molecule is O=Cc1cccc(-c2ccc3[nH]ccc3c2)c1OC1CCCC1. The molecule has 1 N–H and O–H groups in total. The average molecular weight is 305 g/mol. The number of nitrogens with one attached hydrogen (secondary N) is 1. The van der Waals surface area contributed by atoms with Gasteiger partial charge >= 0.3 is 0 Å². The van der Waals surface area contributed by atoms with Gasteiger partial charge in [-0.25, -0.2) is 0 Å². The summed E-state index contributed by atoms with van der Waals surface area (Å²) in [6.07, 6.45) is 7.62. The third-order valence-corrected chi connectivity index (χ3v) is 4.62. The van der Waals surface area contributed by atoms with Gasteiger partial charge in [-0.3, -0.25) is 4.79 Å². The molecule has 1 heterocycles. The lowest BCUT2D eigenvalue weighted by Crippen LogP contribution is -2.13. The van der Waals surface area contributed by atoms with Crippen LogP contribution in [0.1, 0.15) is 36.0 Å². The number of rotatable bonds is 4. The number of ether oxygens (including phenoxy) is 1. The lowest BCUT2D eigenvalue weighted by molar-refractivity contribution is 0.111. The number of para-hydroxylation sites is 1. The van der Waals surface area contributed by atoms with Crippen molar-refractivity contribution in [1.82, 2.24) is 4.98 Å². The highest BCUT2D eigenvalue weighted by Crippen LogP contribution is 2.36. The number of carbonyl (C=O) groups excluding carboxylic acids is 1. The Morgan fingerprint density at radius 3 is 2.78 bits per heavy atom. The molecule has 1 aliphatic carbocycles. The number of fused-ring (bicyclic) bond motifs is 1. The number of carbonyl (C=O) groups is 1. The summed E-state index contributed by atoms with van der Waals surface area (Å²) in [6, 6.07) is 14.1. The number of aromatic nitrogens is 1. The van der Waals surface area contributed by atoms with Crippen molar-refractivity contribution >= 4 is 17.2 Å². The molecule has 4 rings (SSSR count). The quantitative estimate of drug-likeness (QED) is 0.691. The van der Waals surface area contributed by atoms with Crippen molar-refractivity contribution in [3.63, 3.8) is 0 Å². The van der Waals surface area contributed by atoms with Gasteiger partial charge in [-0.2, -0.15) is 0 Å². The van der Waals surface area contributed by atoms with Gasteiger partial charge in [0.2, 0.25) is 0 Å². The summed E-state index contributed by atoms with van der Waals surface area (Å²) in [6.45, 7) is 0. The molecule has 0 aliphatic heterocycles. The van der Waals surface area contributed by atoms with Crippen LogP contribution >= 0.6 is 0 Å². The predicted molar refractivity (Wildman–Crippen MR) is 92.0 cm³/mol. The number of hydrogen-bond donors (Lipinski definition) is 1. The van der Waals surface area contributed by atoms with Crippen molar-refractivity contribution in [2.75, 3.05) is 0 Å². The van der Waals surface area contributed by atoms with E-state index in [1.54, 1.807) is 0 Å². The van der Waals surface area contributed by atoms with Crippen LogP contribution in [0.15, 0.2) is 48.7 Å². The van der Waals surface area contributed by atoms with Crippen LogP contribution in [-0.4, -0.2) is 17.4 Å². The van der Waals surface area contributed by atoms with Gasteiger partial charge in [-0.15, -0.1) is 0 Å². The molecule has 0 unspecified atom stereocenters. The molecular formula is C20H19NO2. The minimum Gasteiger partial charge on any atom is -0.489 e. The molecule has 3 aromatic rings. The van der Waals surface area contributed by atoms with E-state index in [2.05, 4.69) is 29.2 Å². The first-order valence-corrected chi connectivity index (χ1v) is 8.17. The fourth-order valence-electron chi connectivity index (χ4n) is 3.40. The van der Waals surface area contributed by atoms with Crippen LogP contribution in [0, 0.1) is 0 Å². The fourth-order valence-corrected chi connectivity index (χ4v) is 3.40. The molecule has 1 saturated carbocycles. The highest BCUT2D eigenvalue weighted by atomic mass is 16.5. The summed E-state index contributed by atoms with van der Waals surface area (Å²) >= 11 is 0. The van der Waals surface area contributed by atoms with Gasteiger partial charge in [-0.1, -0.05) is 18.2 Å². The van der Waals surface area contributed by atoms with Crippen LogP contribution in [0.25, 0.3) is 22.0 Å². The van der Waals surface area contributed by atoms with E-state index >= 15 is 0 Å². The van der Waals surface area contributed by atoms with E-state index in [-0.39, 0.29) is 6.10 Å². The molecule has 3 nitrogen and oxygen atoms in total. The molecule has 116 valence electrons. The predicted octanol–water partition coefficient (Wildman–Crippen LogP) is 4.97. The van der Waals surface area contributed by atoms with Crippen molar-refractivity contribution in [2.24, 2.45) is 0 Å². The first kappa shape index (κ1) is 14.1. The van der Waals surface area contributed by atoms with Crippen LogP contribution in [0.2, 0.25) is 0 Å². The molecule has 0 bridgehead atoms. The van der Waals surface area contributed by atoms with E-state index in [4.69, 9.17) is 4.74 Å².